The quantitative estimate of drug-likeness (QED) is 0.861. The first-order valence-corrected chi connectivity index (χ1v) is 5.99. The van der Waals surface area contributed by atoms with Gasteiger partial charge in [-0.05, 0) is 25.0 Å². The van der Waals surface area contributed by atoms with E-state index in [0.717, 1.165) is 23.4 Å². The summed E-state index contributed by atoms with van der Waals surface area (Å²) < 4.78 is 10.3. The van der Waals surface area contributed by atoms with E-state index in [9.17, 15) is 4.79 Å². The summed E-state index contributed by atoms with van der Waals surface area (Å²) in [7, 11) is 1.60. The van der Waals surface area contributed by atoms with Crippen LogP contribution in [0.15, 0.2) is 18.2 Å². The molecule has 5 nitrogen and oxygen atoms in total. The Kier molecular flexibility index (Phi) is 4.04. The Morgan fingerprint density at radius 3 is 3.00 bits per heavy atom. The first-order valence-electron chi connectivity index (χ1n) is 5.99. The normalized spacial score (nSPS) is 18.4. The fourth-order valence-electron chi connectivity index (χ4n) is 1.85. The first-order chi connectivity index (χ1) is 8.69. The molecule has 0 aromatic heterocycles. The van der Waals surface area contributed by atoms with E-state index in [2.05, 4.69) is 10.6 Å². The van der Waals surface area contributed by atoms with E-state index in [1.165, 1.54) is 0 Å². The number of amides is 2. The zero-order chi connectivity index (χ0) is 13.0. The van der Waals surface area contributed by atoms with Crippen LogP contribution in [0.3, 0.4) is 0 Å². The summed E-state index contributed by atoms with van der Waals surface area (Å²) in [6.07, 6.45) is 0.866. The minimum absolute atomic E-state index is 0.107. The Morgan fingerprint density at radius 2 is 2.33 bits per heavy atom. The van der Waals surface area contributed by atoms with Crippen molar-refractivity contribution < 1.29 is 14.3 Å². The van der Waals surface area contributed by atoms with Gasteiger partial charge in [-0.1, -0.05) is 6.07 Å². The summed E-state index contributed by atoms with van der Waals surface area (Å²) in [5.41, 5.74) is 1.75. The van der Waals surface area contributed by atoms with Crippen molar-refractivity contribution in [3.63, 3.8) is 0 Å². The second-order valence-corrected chi connectivity index (χ2v) is 4.34. The standard InChI is InChI=1S/C13H18N2O3/c1-9-3-4-11(17-2)7-12(9)15-13(16)14-10-5-6-18-8-10/h3-4,7,10H,5-6,8H2,1-2H3,(H2,14,15,16). The fourth-order valence-corrected chi connectivity index (χ4v) is 1.85. The number of aryl methyl sites for hydroxylation is 1. The molecule has 2 N–H and O–H groups in total. The van der Waals surface area contributed by atoms with Gasteiger partial charge in [0, 0.05) is 18.4 Å². The topological polar surface area (TPSA) is 59.6 Å². The summed E-state index contributed by atoms with van der Waals surface area (Å²) in [6.45, 7) is 3.24. The van der Waals surface area contributed by atoms with Crippen LogP contribution >= 0.6 is 0 Å². The van der Waals surface area contributed by atoms with Gasteiger partial charge in [0.25, 0.3) is 0 Å². The molecule has 1 aromatic rings. The molecule has 18 heavy (non-hydrogen) atoms. The van der Waals surface area contributed by atoms with E-state index in [4.69, 9.17) is 9.47 Å². The van der Waals surface area contributed by atoms with E-state index >= 15 is 0 Å². The molecule has 1 heterocycles. The molecular formula is C13H18N2O3. The molecule has 0 radical (unpaired) electrons. The predicted octanol–water partition coefficient (Wildman–Crippen LogP) is 1.91. The van der Waals surface area contributed by atoms with Crippen LogP contribution in [-0.2, 0) is 4.74 Å². The second kappa shape index (κ2) is 5.73. The molecule has 0 aliphatic carbocycles. The Bertz CT molecular complexity index is 428. The summed E-state index contributed by atoms with van der Waals surface area (Å²) >= 11 is 0. The monoisotopic (exact) mass is 250 g/mol. The Balaban J connectivity index is 1.97. The van der Waals surface area contributed by atoms with Crippen molar-refractivity contribution in [3.8, 4) is 5.75 Å². The number of carbonyl (C=O) groups excluding carboxylic acids is 1. The van der Waals surface area contributed by atoms with E-state index in [1.807, 2.05) is 19.1 Å². The van der Waals surface area contributed by atoms with E-state index in [0.29, 0.717) is 13.2 Å². The highest BCUT2D eigenvalue weighted by Gasteiger charge is 2.17. The fraction of sp³-hybridized carbons (Fsp3) is 0.462. The van der Waals surface area contributed by atoms with Crippen LogP contribution in [0.1, 0.15) is 12.0 Å². The van der Waals surface area contributed by atoms with Crippen LogP contribution in [0, 0.1) is 6.92 Å². The molecule has 1 aromatic carbocycles. The first kappa shape index (κ1) is 12.7. The Hall–Kier alpha value is -1.75. The van der Waals surface area contributed by atoms with E-state index < -0.39 is 0 Å². The molecule has 0 bridgehead atoms. The Morgan fingerprint density at radius 1 is 1.50 bits per heavy atom. The zero-order valence-electron chi connectivity index (χ0n) is 10.7. The summed E-state index contributed by atoms with van der Waals surface area (Å²) in [5, 5.41) is 5.70. The lowest BCUT2D eigenvalue weighted by molar-refractivity contribution is 0.189. The molecule has 2 rings (SSSR count). The molecule has 1 aliphatic rings. The zero-order valence-corrected chi connectivity index (χ0v) is 10.7. The van der Waals surface area contributed by atoms with Gasteiger partial charge < -0.3 is 20.1 Å². The third kappa shape index (κ3) is 3.13. The summed E-state index contributed by atoms with van der Waals surface area (Å²) in [4.78, 5) is 11.8. The smallest absolute Gasteiger partial charge is 0.319 e. The van der Waals surface area contributed by atoms with Crippen molar-refractivity contribution >= 4 is 11.7 Å². The number of anilines is 1. The van der Waals surface area contributed by atoms with Crippen molar-refractivity contribution in [3.05, 3.63) is 23.8 Å². The summed E-state index contributed by atoms with van der Waals surface area (Å²) in [5.74, 6) is 0.722. The van der Waals surface area contributed by atoms with Gasteiger partial charge in [0.05, 0.1) is 19.8 Å². The molecule has 1 atom stereocenters. The van der Waals surface area contributed by atoms with Gasteiger partial charge in [-0.15, -0.1) is 0 Å². The molecule has 2 amide bonds. The Labute approximate surface area is 106 Å². The third-order valence-corrected chi connectivity index (χ3v) is 2.96. The molecule has 0 spiro atoms. The van der Waals surface area contributed by atoms with Gasteiger partial charge in [0.2, 0.25) is 0 Å². The van der Waals surface area contributed by atoms with E-state index in [1.54, 1.807) is 13.2 Å². The average molecular weight is 250 g/mol. The van der Waals surface area contributed by atoms with Crippen LogP contribution in [-0.4, -0.2) is 32.4 Å². The highest BCUT2D eigenvalue weighted by atomic mass is 16.5. The van der Waals surface area contributed by atoms with Crippen molar-refractivity contribution in [2.45, 2.75) is 19.4 Å². The van der Waals surface area contributed by atoms with Crippen molar-refractivity contribution in [2.75, 3.05) is 25.6 Å². The van der Waals surface area contributed by atoms with Gasteiger partial charge in [-0.2, -0.15) is 0 Å². The van der Waals surface area contributed by atoms with Crippen molar-refractivity contribution in [1.29, 1.82) is 0 Å². The maximum Gasteiger partial charge on any atom is 0.319 e. The molecule has 1 aliphatic heterocycles. The number of carbonyl (C=O) groups is 1. The molecule has 5 heteroatoms. The lowest BCUT2D eigenvalue weighted by Crippen LogP contribution is -2.38. The number of methoxy groups -OCH3 is 1. The minimum Gasteiger partial charge on any atom is -0.497 e. The van der Waals surface area contributed by atoms with Gasteiger partial charge >= 0.3 is 6.03 Å². The van der Waals surface area contributed by atoms with Crippen molar-refractivity contribution in [2.24, 2.45) is 0 Å². The third-order valence-electron chi connectivity index (χ3n) is 2.96. The van der Waals surface area contributed by atoms with Crippen LogP contribution < -0.4 is 15.4 Å². The summed E-state index contributed by atoms with van der Waals surface area (Å²) in [6, 6.07) is 5.48. The number of rotatable bonds is 3. The second-order valence-electron chi connectivity index (χ2n) is 4.34. The molecule has 1 saturated heterocycles. The minimum atomic E-state index is -0.207. The molecule has 98 valence electrons. The van der Waals surface area contributed by atoms with E-state index in [-0.39, 0.29) is 12.1 Å². The number of hydrogen-bond donors (Lipinski definition) is 2. The highest BCUT2D eigenvalue weighted by Crippen LogP contribution is 2.21. The van der Waals surface area contributed by atoms with Gasteiger partial charge in [0.15, 0.2) is 0 Å². The molecule has 0 saturated carbocycles. The van der Waals surface area contributed by atoms with Crippen LogP contribution in [0.25, 0.3) is 0 Å². The maximum atomic E-state index is 11.8. The predicted molar refractivity (Wildman–Crippen MR) is 69.1 cm³/mol. The number of hydrogen-bond acceptors (Lipinski definition) is 3. The molecular weight excluding hydrogens is 232 g/mol. The number of nitrogens with one attached hydrogen (secondary N) is 2. The molecule has 1 unspecified atom stereocenters. The molecule has 1 fully saturated rings. The van der Waals surface area contributed by atoms with Crippen LogP contribution in [0.4, 0.5) is 10.5 Å². The lowest BCUT2D eigenvalue weighted by Gasteiger charge is -2.14. The number of benzene rings is 1. The van der Waals surface area contributed by atoms with Crippen molar-refractivity contribution in [1.82, 2.24) is 5.32 Å². The maximum absolute atomic E-state index is 11.8. The largest absolute Gasteiger partial charge is 0.497 e. The van der Waals surface area contributed by atoms with Crippen LogP contribution in [0.2, 0.25) is 0 Å². The van der Waals surface area contributed by atoms with Gasteiger partial charge in [-0.25, -0.2) is 4.79 Å². The number of urea groups is 1. The highest BCUT2D eigenvalue weighted by molar-refractivity contribution is 5.90. The number of ether oxygens (including phenoxy) is 2. The lowest BCUT2D eigenvalue weighted by atomic mass is 10.2. The SMILES string of the molecule is COc1ccc(C)c(NC(=O)NC2CCOC2)c1. The van der Waals surface area contributed by atoms with Crippen LogP contribution in [0.5, 0.6) is 5.75 Å². The van der Waals surface area contributed by atoms with Gasteiger partial charge in [0.1, 0.15) is 5.75 Å². The average Bonchev–Trinajstić information content (AvgIpc) is 2.84. The van der Waals surface area contributed by atoms with Gasteiger partial charge in [-0.3, -0.25) is 0 Å².